The second-order valence-electron chi connectivity index (χ2n) is 5.64. The van der Waals surface area contributed by atoms with Crippen LogP contribution in [0.25, 0.3) is 0 Å². The van der Waals surface area contributed by atoms with E-state index in [2.05, 4.69) is 0 Å². The number of ether oxygens (including phenoxy) is 3. The van der Waals surface area contributed by atoms with E-state index >= 15 is 0 Å². The van der Waals surface area contributed by atoms with E-state index in [1.165, 1.54) is 0 Å². The lowest BCUT2D eigenvalue weighted by Gasteiger charge is -2.31. The van der Waals surface area contributed by atoms with E-state index in [0.29, 0.717) is 0 Å². The lowest BCUT2D eigenvalue weighted by Crippen LogP contribution is -2.46. The van der Waals surface area contributed by atoms with Gasteiger partial charge in [-0.05, 0) is 13.8 Å². The molecule has 19 heavy (non-hydrogen) atoms. The Morgan fingerprint density at radius 1 is 1.53 bits per heavy atom. The standard InChI is InChI=1S/C12H23O6P/c1-8(2)15-6-12-7-16-10(5-17-12)11(12)18-19(13,14)9(3)4/h8-11H,5-7H2,1-4H3,(H,13,14)/t10-,11+,12+/m1/s1/i5T/t5-,10+,11-,12-/m0. The summed E-state index contributed by atoms with van der Waals surface area (Å²) in [5.41, 5.74) is -1.48. The van der Waals surface area contributed by atoms with Crippen molar-refractivity contribution in [3.63, 3.8) is 0 Å². The first-order chi connectivity index (χ1) is 9.18. The van der Waals surface area contributed by atoms with Crippen LogP contribution in [0.2, 0.25) is 0 Å². The molecule has 1 N–H and O–H groups in total. The van der Waals surface area contributed by atoms with Crippen LogP contribution in [0.4, 0.5) is 0 Å². The average molecular weight is 296 g/mol. The van der Waals surface area contributed by atoms with Gasteiger partial charge in [-0.1, -0.05) is 13.8 Å². The molecule has 6 nitrogen and oxygen atoms in total. The van der Waals surface area contributed by atoms with Crippen molar-refractivity contribution in [3.8, 4) is 0 Å². The fraction of sp³-hybridized carbons (Fsp3) is 1.00. The van der Waals surface area contributed by atoms with Crippen molar-refractivity contribution < 1.29 is 29.6 Å². The van der Waals surface area contributed by atoms with Crippen molar-refractivity contribution in [3.05, 3.63) is 0 Å². The van der Waals surface area contributed by atoms with E-state index < -0.39 is 37.6 Å². The van der Waals surface area contributed by atoms with Gasteiger partial charge < -0.3 is 19.1 Å². The van der Waals surface area contributed by atoms with Crippen LogP contribution >= 0.6 is 7.60 Å². The van der Waals surface area contributed by atoms with Crippen molar-refractivity contribution in [2.45, 2.75) is 57.3 Å². The van der Waals surface area contributed by atoms with E-state index in [-0.39, 0.29) is 19.3 Å². The van der Waals surface area contributed by atoms with E-state index in [9.17, 15) is 9.46 Å². The molecular weight excluding hydrogens is 271 g/mol. The molecule has 2 bridgehead atoms. The maximum Gasteiger partial charge on any atom is 0.331 e. The largest absolute Gasteiger partial charge is 0.376 e. The van der Waals surface area contributed by atoms with E-state index in [4.69, 9.17) is 20.1 Å². The molecule has 0 aromatic carbocycles. The van der Waals surface area contributed by atoms with Gasteiger partial charge >= 0.3 is 7.60 Å². The molecule has 2 aliphatic heterocycles. The number of hydrogen-bond acceptors (Lipinski definition) is 5. The molecule has 1 unspecified atom stereocenters. The van der Waals surface area contributed by atoms with Gasteiger partial charge in [0, 0.05) is 0 Å². The Bertz CT molecular complexity index is 403. The molecule has 0 saturated carbocycles. The predicted molar refractivity (Wildman–Crippen MR) is 69.3 cm³/mol. The highest BCUT2D eigenvalue weighted by Crippen LogP contribution is 2.53. The van der Waals surface area contributed by atoms with Gasteiger partial charge in [-0.3, -0.25) is 9.09 Å². The minimum atomic E-state index is -3.76. The number of fused-ring (bicyclic) bond motifs is 2. The fourth-order valence-electron chi connectivity index (χ4n) is 2.03. The van der Waals surface area contributed by atoms with Crippen LogP contribution in [0, 0.1) is 0 Å². The molecule has 0 amide bonds. The van der Waals surface area contributed by atoms with Crippen molar-refractivity contribution in [1.82, 2.24) is 0 Å². The smallest absolute Gasteiger partial charge is 0.331 e. The fourth-order valence-corrected chi connectivity index (χ4v) is 2.91. The Labute approximate surface area is 115 Å². The monoisotopic (exact) mass is 296 g/mol. The number of hydrogen-bond donors (Lipinski definition) is 1. The van der Waals surface area contributed by atoms with Crippen LogP contribution in [0.1, 0.15) is 29.1 Å². The lowest BCUT2D eigenvalue weighted by molar-refractivity contribution is -0.140. The first kappa shape index (κ1) is 14.0. The second-order valence-corrected chi connectivity index (χ2v) is 8.01. The van der Waals surface area contributed by atoms with Gasteiger partial charge in [0.25, 0.3) is 0 Å². The van der Waals surface area contributed by atoms with Gasteiger partial charge in [0.2, 0.25) is 0 Å². The van der Waals surface area contributed by atoms with Crippen LogP contribution < -0.4 is 0 Å². The SMILES string of the molecule is [3H][C@@H]1O[C@@]2(COC(C)C)CO[C@H]1[C@@H]2OP(=O)(O)C(C)C. The first-order valence-electron chi connectivity index (χ1n) is 7.10. The highest BCUT2D eigenvalue weighted by Gasteiger charge is 2.60. The minimum Gasteiger partial charge on any atom is -0.376 e. The van der Waals surface area contributed by atoms with Crippen LogP contribution in [-0.2, 0) is 23.3 Å². The average Bonchev–Trinajstić information content (AvgIpc) is 2.77. The summed E-state index contributed by atoms with van der Waals surface area (Å²) in [5, 5.41) is 0. The summed E-state index contributed by atoms with van der Waals surface area (Å²) in [5.74, 6) is 0. The van der Waals surface area contributed by atoms with Crippen LogP contribution in [-0.4, -0.2) is 54.3 Å². The zero-order valence-electron chi connectivity index (χ0n) is 12.7. The summed E-state index contributed by atoms with van der Waals surface area (Å²) < 4.78 is 42.0. The maximum atomic E-state index is 12.1. The molecule has 2 fully saturated rings. The zero-order chi connectivity index (χ0) is 15.1. The van der Waals surface area contributed by atoms with E-state index in [1.807, 2.05) is 13.8 Å². The molecule has 0 spiro atoms. The van der Waals surface area contributed by atoms with Gasteiger partial charge in [0.1, 0.15) is 17.8 Å². The summed E-state index contributed by atoms with van der Waals surface area (Å²) in [7, 11) is -3.76. The third kappa shape index (κ3) is 3.04. The summed E-state index contributed by atoms with van der Waals surface area (Å²) >= 11 is 0. The van der Waals surface area contributed by atoms with Gasteiger partial charge in [-0.15, -0.1) is 0 Å². The molecule has 0 aliphatic carbocycles. The van der Waals surface area contributed by atoms with Crippen LogP contribution in [0.3, 0.4) is 0 Å². The van der Waals surface area contributed by atoms with Gasteiger partial charge in [-0.25, -0.2) is 0 Å². The third-order valence-electron chi connectivity index (χ3n) is 3.35. The minimum absolute atomic E-state index is 0.0107. The molecule has 112 valence electrons. The maximum absolute atomic E-state index is 12.1. The molecular formula is C12H23O6P. The Kier molecular flexibility index (Phi) is 4.00. The third-order valence-corrected chi connectivity index (χ3v) is 5.19. The summed E-state index contributed by atoms with van der Waals surface area (Å²) in [6.07, 6.45) is -1.41. The first-order valence-corrected chi connectivity index (χ1v) is 8.17. The summed E-state index contributed by atoms with van der Waals surface area (Å²) in [6.45, 7) is 6.48. The van der Waals surface area contributed by atoms with Crippen LogP contribution in [0.5, 0.6) is 0 Å². The van der Waals surface area contributed by atoms with Crippen molar-refractivity contribution in [2.75, 3.05) is 19.8 Å². The van der Waals surface area contributed by atoms with E-state index in [0.717, 1.165) is 0 Å². The zero-order valence-corrected chi connectivity index (χ0v) is 12.6. The Hall–Kier alpha value is 0.0300. The highest BCUT2D eigenvalue weighted by molar-refractivity contribution is 7.53. The molecule has 5 atom stereocenters. The van der Waals surface area contributed by atoms with Gasteiger partial charge in [-0.2, -0.15) is 0 Å². The molecule has 2 aliphatic rings. The summed E-state index contributed by atoms with van der Waals surface area (Å²) in [6, 6.07) is 0. The van der Waals surface area contributed by atoms with Gasteiger partial charge in [0.05, 0.1) is 32.9 Å². The quantitative estimate of drug-likeness (QED) is 0.750. The van der Waals surface area contributed by atoms with Crippen molar-refractivity contribution in [1.29, 1.82) is 0 Å². The normalized spacial score (nSPS) is 41.8. The number of rotatable bonds is 6. The van der Waals surface area contributed by atoms with E-state index in [1.54, 1.807) is 13.8 Å². The molecule has 0 aromatic rings. The molecule has 7 heteroatoms. The molecule has 0 radical (unpaired) electrons. The highest BCUT2D eigenvalue weighted by atomic mass is 31.2. The van der Waals surface area contributed by atoms with Crippen molar-refractivity contribution in [2.24, 2.45) is 0 Å². The Morgan fingerprint density at radius 3 is 2.74 bits per heavy atom. The van der Waals surface area contributed by atoms with Crippen molar-refractivity contribution >= 4 is 7.60 Å². The van der Waals surface area contributed by atoms with Crippen LogP contribution in [0.15, 0.2) is 0 Å². The topological polar surface area (TPSA) is 74.2 Å². The molecule has 0 aromatic heterocycles. The Morgan fingerprint density at radius 2 is 2.21 bits per heavy atom. The molecule has 2 heterocycles. The molecule has 2 rings (SSSR count). The predicted octanol–water partition coefficient (Wildman–Crippen LogP) is 1.56. The summed E-state index contributed by atoms with van der Waals surface area (Å²) in [4.78, 5) is 9.91. The second kappa shape index (κ2) is 5.43. The Balaban J connectivity index is 2.15. The lowest BCUT2D eigenvalue weighted by atomic mass is 10.0. The van der Waals surface area contributed by atoms with Gasteiger partial charge in [0.15, 0.2) is 0 Å². The molecule has 2 saturated heterocycles.